The summed E-state index contributed by atoms with van der Waals surface area (Å²) in [6.07, 6.45) is 2.37. The van der Waals surface area contributed by atoms with E-state index in [9.17, 15) is 9.59 Å². The molecule has 0 fully saturated rings. The molecule has 0 radical (unpaired) electrons. The fourth-order valence-corrected chi connectivity index (χ4v) is 3.62. The number of ether oxygens (including phenoxy) is 1. The van der Waals surface area contributed by atoms with Gasteiger partial charge < -0.3 is 19.7 Å². The van der Waals surface area contributed by atoms with E-state index < -0.39 is 6.09 Å². The standard InChI is InChI=1S/C24H22N4O4/c1-28(2)23(29)18-10-14(8-9-20(18)27-24(30)31)15-11-17-19(13-26-22(17)25-12-15)16-6-4-5-7-21(16)32-3/h4-13,27H,1-3H3,(H,25,26)(H,30,31). The molecule has 2 amide bonds. The van der Waals surface area contributed by atoms with Crippen LogP contribution in [0.5, 0.6) is 5.75 Å². The normalized spacial score (nSPS) is 10.7. The average molecular weight is 430 g/mol. The Morgan fingerprint density at radius 2 is 1.84 bits per heavy atom. The summed E-state index contributed by atoms with van der Waals surface area (Å²) in [5.74, 6) is 0.447. The number of hydrogen-bond acceptors (Lipinski definition) is 4. The largest absolute Gasteiger partial charge is 0.496 e. The number of anilines is 1. The second-order valence-corrected chi connectivity index (χ2v) is 7.41. The highest BCUT2D eigenvalue weighted by atomic mass is 16.5. The van der Waals surface area contributed by atoms with Crippen molar-refractivity contribution in [1.82, 2.24) is 14.9 Å². The number of fused-ring (bicyclic) bond motifs is 1. The van der Waals surface area contributed by atoms with E-state index in [1.807, 2.05) is 36.5 Å². The van der Waals surface area contributed by atoms with E-state index in [2.05, 4.69) is 15.3 Å². The molecule has 8 nitrogen and oxygen atoms in total. The lowest BCUT2D eigenvalue weighted by atomic mass is 9.99. The van der Waals surface area contributed by atoms with Crippen molar-refractivity contribution < 1.29 is 19.4 Å². The molecule has 0 bridgehead atoms. The molecule has 32 heavy (non-hydrogen) atoms. The predicted molar refractivity (Wildman–Crippen MR) is 123 cm³/mol. The number of carboxylic acid groups (broad SMARTS) is 1. The molecule has 0 atom stereocenters. The summed E-state index contributed by atoms with van der Waals surface area (Å²) < 4.78 is 5.51. The number of hydrogen-bond donors (Lipinski definition) is 3. The number of nitrogens with one attached hydrogen (secondary N) is 2. The minimum Gasteiger partial charge on any atom is -0.496 e. The summed E-state index contributed by atoms with van der Waals surface area (Å²) in [7, 11) is 4.87. The Morgan fingerprint density at radius 3 is 2.56 bits per heavy atom. The van der Waals surface area contributed by atoms with Gasteiger partial charge in [0.2, 0.25) is 0 Å². The fraction of sp³-hybridized carbons (Fsp3) is 0.125. The number of H-pyrrole nitrogens is 1. The molecule has 2 aromatic carbocycles. The average Bonchev–Trinajstić information content (AvgIpc) is 3.21. The quantitative estimate of drug-likeness (QED) is 0.425. The van der Waals surface area contributed by atoms with Gasteiger partial charge in [-0.05, 0) is 29.8 Å². The Morgan fingerprint density at radius 1 is 1.06 bits per heavy atom. The number of methoxy groups -OCH3 is 1. The van der Waals surface area contributed by atoms with E-state index in [0.717, 1.165) is 39.0 Å². The van der Waals surface area contributed by atoms with Crippen molar-refractivity contribution in [3.8, 4) is 28.0 Å². The first kappa shape index (κ1) is 20.9. The molecule has 0 saturated carbocycles. The molecule has 3 N–H and O–H groups in total. The van der Waals surface area contributed by atoms with Crippen molar-refractivity contribution >= 4 is 28.7 Å². The molecule has 0 aliphatic carbocycles. The first-order valence-corrected chi connectivity index (χ1v) is 9.85. The first-order chi connectivity index (χ1) is 15.4. The van der Waals surface area contributed by atoms with Gasteiger partial charge in [-0.25, -0.2) is 9.78 Å². The second-order valence-electron chi connectivity index (χ2n) is 7.41. The van der Waals surface area contributed by atoms with Gasteiger partial charge in [0.15, 0.2) is 0 Å². The van der Waals surface area contributed by atoms with Crippen LogP contribution >= 0.6 is 0 Å². The van der Waals surface area contributed by atoms with Gasteiger partial charge in [0, 0.05) is 48.6 Å². The summed E-state index contributed by atoms with van der Waals surface area (Å²) >= 11 is 0. The molecule has 0 saturated heterocycles. The van der Waals surface area contributed by atoms with Crippen LogP contribution in [0.2, 0.25) is 0 Å². The third-order valence-corrected chi connectivity index (χ3v) is 5.16. The lowest BCUT2D eigenvalue weighted by Crippen LogP contribution is -2.23. The number of aromatic amines is 1. The van der Waals surface area contributed by atoms with Crippen molar-refractivity contribution in [2.24, 2.45) is 0 Å². The van der Waals surface area contributed by atoms with Gasteiger partial charge >= 0.3 is 6.09 Å². The first-order valence-electron chi connectivity index (χ1n) is 9.85. The lowest BCUT2D eigenvalue weighted by Gasteiger charge is -2.15. The zero-order valence-corrected chi connectivity index (χ0v) is 17.8. The lowest BCUT2D eigenvalue weighted by molar-refractivity contribution is 0.0828. The van der Waals surface area contributed by atoms with Crippen molar-refractivity contribution in [2.75, 3.05) is 26.5 Å². The Balaban J connectivity index is 1.84. The van der Waals surface area contributed by atoms with Crippen LogP contribution in [0.15, 0.2) is 60.9 Å². The number of amides is 2. The number of rotatable bonds is 5. The maximum atomic E-state index is 12.7. The highest BCUT2D eigenvalue weighted by Gasteiger charge is 2.18. The molecule has 0 unspecified atom stereocenters. The second kappa shape index (κ2) is 8.43. The number of pyridine rings is 1. The molecule has 162 valence electrons. The number of carbonyl (C=O) groups is 2. The van der Waals surface area contributed by atoms with Gasteiger partial charge in [0.1, 0.15) is 11.4 Å². The molecule has 8 heteroatoms. The maximum absolute atomic E-state index is 12.7. The zero-order chi connectivity index (χ0) is 22.8. The Labute approximate surface area is 184 Å². The van der Waals surface area contributed by atoms with Crippen molar-refractivity contribution in [2.45, 2.75) is 0 Å². The fourth-order valence-electron chi connectivity index (χ4n) is 3.62. The minimum absolute atomic E-state index is 0.227. The van der Waals surface area contributed by atoms with Crippen molar-refractivity contribution in [1.29, 1.82) is 0 Å². The number of benzene rings is 2. The van der Waals surface area contributed by atoms with E-state index in [1.165, 1.54) is 4.90 Å². The van der Waals surface area contributed by atoms with Crippen LogP contribution in [-0.2, 0) is 0 Å². The molecule has 0 aliphatic heterocycles. The summed E-state index contributed by atoms with van der Waals surface area (Å²) in [5.41, 5.74) is 4.63. The van der Waals surface area contributed by atoms with Gasteiger partial charge in [0.05, 0.1) is 18.4 Å². The van der Waals surface area contributed by atoms with Gasteiger partial charge in [-0.3, -0.25) is 10.1 Å². The predicted octanol–water partition coefficient (Wildman–Crippen LogP) is 4.70. The summed E-state index contributed by atoms with van der Waals surface area (Å²) in [6, 6.07) is 14.7. The van der Waals surface area contributed by atoms with Gasteiger partial charge in [-0.15, -0.1) is 0 Å². The number of nitrogens with zero attached hydrogens (tertiary/aromatic N) is 2. The Kier molecular flexibility index (Phi) is 5.51. The third kappa shape index (κ3) is 3.85. The molecular formula is C24H22N4O4. The van der Waals surface area contributed by atoms with Crippen molar-refractivity contribution in [3.63, 3.8) is 0 Å². The Hall–Kier alpha value is -4.33. The van der Waals surface area contributed by atoms with E-state index in [1.54, 1.807) is 45.6 Å². The van der Waals surface area contributed by atoms with Crippen LogP contribution < -0.4 is 10.1 Å². The number of carbonyl (C=O) groups excluding carboxylic acids is 1. The number of aromatic nitrogens is 2. The smallest absolute Gasteiger partial charge is 0.409 e. The third-order valence-electron chi connectivity index (χ3n) is 5.16. The molecule has 2 heterocycles. The summed E-state index contributed by atoms with van der Waals surface area (Å²) in [6.45, 7) is 0. The van der Waals surface area contributed by atoms with E-state index >= 15 is 0 Å². The topological polar surface area (TPSA) is 108 Å². The van der Waals surface area contributed by atoms with Crippen LogP contribution in [0.4, 0.5) is 10.5 Å². The van der Waals surface area contributed by atoms with Crippen LogP contribution in [0.1, 0.15) is 10.4 Å². The van der Waals surface area contributed by atoms with Crippen molar-refractivity contribution in [3.05, 3.63) is 66.5 Å². The summed E-state index contributed by atoms with van der Waals surface area (Å²) in [4.78, 5) is 32.9. The molecule has 2 aromatic heterocycles. The van der Waals surface area contributed by atoms with E-state index in [4.69, 9.17) is 9.84 Å². The van der Waals surface area contributed by atoms with Crippen LogP contribution in [0, 0.1) is 0 Å². The van der Waals surface area contributed by atoms with E-state index in [0.29, 0.717) is 0 Å². The minimum atomic E-state index is -1.23. The number of para-hydroxylation sites is 1. The highest BCUT2D eigenvalue weighted by Crippen LogP contribution is 2.36. The van der Waals surface area contributed by atoms with Gasteiger partial charge in [-0.1, -0.05) is 24.3 Å². The Bertz CT molecular complexity index is 1330. The molecule has 4 aromatic rings. The van der Waals surface area contributed by atoms with Gasteiger partial charge in [0.25, 0.3) is 5.91 Å². The molecular weight excluding hydrogens is 408 g/mol. The van der Waals surface area contributed by atoms with Crippen LogP contribution in [-0.4, -0.2) is 53.2 Å². The van der Waals surface area contributed by atoms with E-state index in [-0.39, 0.29) is 17.2 Å². The molecule has 0 aliphatic rings. The zero-order valence-electron chi connectivity index (χ0n) is 17.8. The summed E-state index contributed by atoms with van der Waals surface area (Å²) in [5, 5.41) is 12.3. The van der Waals surface area contributed by atoms with Crippen LogP contribution in [0.25, 0.3) is 33.3 Å². The SMILES string of the molecule is COc1ccccc1-c1c[nH]c2ncc(-c3ccc(NC(=O)O)c(C(=O)N(C)C)c3)cc12. The van der Waals surface area contributed by atoms with Crippen LogP contribution in [0.3, 0.4) is 0 Å². The molecule has 0 spiro atoms. The van der Waals surface area contributed by atoms with Gasteiger partial charge in [-0.2, -0.15) is 0 Å². The monoisotopic (exact) mass is 430 g/mol. The maximum Gasteiger partial charge on any atom is 0.409 e. The highest BCUT2D eigenvalue weighted by molar-refractivity contribution is 6.04. The molecule has 4 rings (SSSR count).